The van der Waals surface area contributed by atoms with E-state index in [1.807, 2.05) is 0 Å². The zero-order valence-corrected chi connectivity index (χ0v) is 30.9. The maximum atomic E-state index is 2.50. The van der Waals surface area contributed by atoms with Crippen LogP contribution in [0.25, 0.3) is 77.2 Å². The Kier molecular flexibility index (Phi) is 6.50. The van der Waals surface area contributed by atoms with E-state index < -0.39 is 0 Å². The molecule has 0 N–H and O–H groups in total. The molecule has 0 heteroatoms. The van der Waals surface area contributed by atoms with Gasteiger partial charge in [-0.1, -0.05) is 166 Å². The van der Waals surface area contributed by atoms with Crippen LogP contribution in [0.2, 0.25) is 0 Å². The van der Waals surface area contributed by atoms with Gasteiger partial charge in [0.1, 0.15) is 0 Å². The van der Waals surface area contributed by atoms with Crippen molar-refractivity contribution >= 4 is 21.5 Å². The summed E-state index contributed by atoms with van der Waals surface area (Å²) in [5.41, 5.74) is 21.2. The van der Waals surface area contributed by atoms with Crippen LogP contribution in [-0.2, 0) is 10.8 Å². The van der Waals surface area contributed by atoms with Gasteiger partial charge in [0.15, 0.2) is 0 Å². The highest BCUT2D eigenvalue weighted by atomic mass is 14.4. The van der Waals surface area contributed by atoms with Crippen LogP contribution in [0.15, 0.2) is 146 Å². The first kappa shape index (κ1) is 31.1. The fourth-order valence-electron chi connectivity index (χ4n) is 9.64. The number of hydrogen-bond donors (Lipinski definition) is 0. The molecule has 0 unspecified atom stereocenters. The van der Waals surface area contributed by atoms with Gasteiger partial charge in [-0.05, 0) is 131 Å². The molecule has 8 aromatic rings. The summed E-state index contributed by atoms with van der Waals surface area (Å²) in [6, 6.07) is 55.4. The van der Waals surface area contributed by atoms with Crippen molar-refractivity contribution in [2.45, 2.75) is 52.4 Å². The second-order valence-electron chi connectivity index (χ2n) is 16.3. The number of benzene rings is 8. The molecule has 0 heterocycles. The molecule has 0 saturated heterocycles. The maximum Gasteiger partial charge on any atom is 0.0159 e. The molecule has 0 atom stereocenters. The highest BCUT2D eigenvalue weighted by molar-refractivity contribution is 6.21. The lowest BCUT2D eigenvalue weighted by Crippen LogP contribution is -2.15. The Morgan fingerprint density at radius 3 is 1.29 bits per heavy atom. The van der Waals surface area contributed by atoms with Gasteiger partial charge in [-0.25, -0.2) is 0 Å². The Hall–Kier alpha value is -5.72. The molecule has 0 bridgehead atoms. The van der Waals surface area contributed by atoms with E-state index in [0.29, 0.717) is 0 Å². The van der Waals surface area contributed by atoms with E-state index in [1.165, 1.54) is 111 Å². The lowest BCUT2D eigenvalue weighted by Gasteiger charge is -2.24. The van der Waals surface area contributed by atoms with E-state index in [-0.39, 0.29) is 10.8 Å². The average molecular weight is 667 g/mol. The molecule has 0 saturated carbocycles. The van der Waals surface area contributed by atoms with Crippen LogP contribution < -0.4 is 0 Å². The van der Waals surface area contributed by atoms with Crippen LogP contribution in [0, 0.1) is 13.8 Å². The van der Waals surface area contributed by atoms with Gasteiger partial charge in [0.2, 0.25) is 0 Å². The summed E-state index contributed by atoms with van der Waals surface area (Å²) in [6.45, 7) is 14.0. The van der Waals surface area contributed by atoms with Crippen molar-refractivity contribution < 1.29 is 0 Å². The van der Waals surface area contributed by atoms with Gasteiger partial charge in [0.05, 0.1) is 0 Å². The summed E-state index contributed by atoms with van der Waals surface area (Å²) in [5.74, 6) is 0. The molecule has 0 nitrogen and oxygen atoms in total. The van der Waals surface area contributed by atoms with E-state index in [0.717, 1.165) is 0 Å². The van der Waals surface area contributed by atoms with Crippen LogP contribution in [-0.4, -0.2) is 0 Å². The molecular formula is C52H42. The van der Waals surface area contributed by atoms with Gasteiger partial charge >= 0.3 is 0 Å². The van der Waals surface area contributed by atoms with Crippen molar-refractivity contribution in [3.05, 3.63) is 179 Å². The number of fused-ring (bicyclic) bond motifs is 8. The monoisotopic (exact) mass is 666 g/mol. The van der Waals surface area contributed by atoms with E-state index >= 15 is 0 Å². The predicted octanol–water partition coefficient (Wildman–Crippen LogP) is 14.2. The summed E-state index contributed by atoms with van der Waals surface area (Å²) in [7, 11) is 0. The Morgan fingerprint density at radius 2 is 0.731 bits per heavy atom. The second-order valence-corrected chi connectivity index (χ2v) is 16.3. The van der Waals surface area contributed by atoms with Crippen LogP contribution in [0.1, 0.15) is 61.1 Å². The number of hydrogen-bond acceptors (Lipinski definition) is 0. The SMILES string of the molecule is Cc1ccc2c(-c3ccc4c(c3)C(C)(C)c3cc(-c5ccc6c(c5)C(C)(C)c5ccccc5-6)ccc3-4)c3cc(C)ccc3c(-c3ccccc3)c2c1. The van der Waals surface area contributed by atoms with Crippen molar-refractivity contribution in [2.24, 2.45) is 0 Å². The lowest BCUT2D eigenvalue weighted by molar-refractivity contribution is 0.659. The molecule has 0 radical (unpaired) electrons. The highest BCUT2D eigenvalue weighted by Crippen LogP contribution is 2.53. The summed E-state index contributed by atoms with van der Waals surface area (Å²) in [5, 5.41) is 5.23. The van der Waals surface area contributed by atoms with Crippen molar-refractivity contribution in [1.82, 2.24) is 0 Å². The molecule has 0 fully saturated rings. The molecule has 8 aromatic carbocycles. The Balaban J connectivity index is 1.13. The number of rotatable bonds is 3. The van der Waals surface area contributed by atoms with E-state index in [4.69, 9.17) is 0 Å². The fourth-order valence-corrected chi connectivity index (χ4v) is 9.64. The van der Waals surface area contributed by atoms with Gasteiger partial charge in [0.25, 0.3) is 0 Å². The second kappa shape index (κ2) is 10.9. The van der Waals surface area contributed by atoms with Gasteiger partial charge < -0.3 is 0 Å². The topological polar surface area (TPSA) is 0 Å². The first-order valence-corrected chi connectivity index (χ1v) is 18.7. The molecule has 10 rings (SSSR count). The Labute approximate surface area is 307 Å². The first-order chi connectivity index (χ1) is 25.1. The number of aryl methyl sites for hydroxylation is 2. The zero-order chi connectivity index (χ0) is 35.5. The average Bonchev–Trinajstić information content (AvgIpc) is 3.52. The molecule has 0 spiro atoms. The standard InChI is InChI=1S/C52H42/c1-31-17-22-42-43(26-31)49(33-12-8-7-9-13-33)41-21-16-32(2)27-44(41)50(42)36-20-25-40-39-24-19-35(29-47(39)52(5,6)48(40)30-36)34-18-23-38-37-14-10-11-15-45(37)51(3,4)46(38)28-34/h7-30H,1-6H3. The van der Waals surface area contributed by atoms with E-state index in [2.05, 4.69) is 187 Å². The molecule has 250 valence electrons. The first-order valence-electron chi connectivity index (χ1n) is 18.7. The van der Waals surface area contributed by atoms with Gasteiger partial charge in [-0.3, -0.25) is 0 Å². The quantitative estimate of drug-likeness (QED) is 0.165. The molecule has 0 aromatic heterocycles. The van der Waals surface area contributed by atoms with Crippen LogP contribution >= 0.6 is 0 Å². The third-order valence-corrected chi connectivity index (χ3v) is 12.4. The van der Waals surface area contributed by atoms with Gasteiger partial charge in [-0.2, -0.15) is 0 Å². The summed E-state index contributed by atoms with van der Waals surface area (Å²) >= 11 is 0. The molecule has 0 amide bonds. The summed E-state index contributed by atoms with van der Waals surface area (Å²) in [4.78, 5) is 0. The van der Waals surface area contributed by atoms with Crippen LogP contribution in [0.3, 0.4) is 0 Å². The fraction of sp³-hybridized carbons (Fsp3) is 0.154. The summed E-state index contributed by atoms with van der Waals surface area (Å²) < 4.78 is 0. The highest BCUT2D eigenvalue weighted by Gasteiger charge is 2.37. The zero-order valence-electron chi connectivity index (χ0n) is 30.9. The lowest BCUT2D eigenvalue weighted by atomic mass is 9.79. The van der Waals surface area contributed by atoms with Crippen LogP contribution in [0.5, 0.6) is 0 Å². The van der Waals surface area contributed by atoms with Crippen molar-refractivity contribution in [1.29, 1.82) is 0 Å². The van der Waals surface area contributed by atoms with Gasteiger partial charge in [0, 0.05) is 10.8 Å². The predicted molar refractivity (Wildman–Crippen MR) is 222 cm³/mol. The Morgan fingerprint density at radius 1 is 0.308 bits per heavy atom. The van der Waals surface area contributed by atoms with Crippen molar-refractivity contribution in [2.75, 3.05) is 0 Å². The Bertz CT molecular complexity index is 2790. The molecule has 2 aliphatic rings. The third kappa shape index (κ3) is 4.34. The van der Waals surface area contributed by atoms with E-state index in [1.54, 1.807) is 0 Å². The minimum atomic E-state index is -0.148. The third-order valence-electron chi connectivity index (χ3n) is 12.4. The minimum absolute atomic E-state index is 0.0184. The summed E-state index contributed by atoms with van der Waals surface area (Å²) in [6.07, 6.45) is 0. The smallest absolute Gasteiger partial charge is 0.0159 e. The van der Waals surface area contributed by atoms with Gasteiger partial charge in [-0.15, -0.1) is 0 Å². The molecule has 0 aliphatic heterocycles. The van der Waals surface area contributed by atoms with Crippen LogP contribution in [0.4, 0.5) is 0 Å². The molecule has 52 heavy (non-hydrogen) atoms. The largest absolute Gasteiger partial charge is 0.0622 e. The maximum absolute atomic E-state index is 2.50. The van der Waals surface area contributed by atoms with Crippen molar-refractivity contribution in [3.8, 4) is 55.6 Å². The molecular weight excluding hydrogens is 625 g/mol. The van der Waals surface area contributed by atoms with Crippen molar-refractivity contribution in [3.63, 3.8) is 0 Å². The molecule has 2 aliphatic carbocycles. The van der Waals surface area contributed by atoms with E-state index in [9.17, 15) is 0 Å². The minimum Gasteiger partial charge on any atom is -0.0622 e. The normalized spacial score (nSPS) is 14.7.